The minimum absolute atomic E-state index is 1.12. The Balaban J connectivity index is 1.90. The van der Waals surface area contributed by atoms with Crippen molar-refractivity contribution in [3.05, 3.63) is 82.9 Å². The maximum absolute atomic E-state index is 3.68. The molecule has 0 radical (unpaired) electrons. The van der Waals surface area contributed by atoms with Gasteiger partial charge in [0.2, 0.25) is 0 Å². The summed E-state index contributed by atoms with van der Waals surface area (Å²) in [6.07, 6.45) is 21.2. The van der Waals surface area contributed by atoms with Crippen molar-refractivity contribution >= 4 is 16.1 Å². The third-order valence-electron chi connectivity index (χ3n) is 8.97. The number of hydrogen-bond donors (Lipinski definition) is 0. The third kappa shape index (κ3) is 15.2. The summed E-state index contributed by atoms with van der Waals surface area (Å²) in [7, 11) is -3.14. The zero-order chi connectivity index (χ0) is 34.8. The molecule has 0 aliphatic rings. The van der Waals surface area contributed by atoms with Gasteiger partial charge in [-0.3, -0.25) is 0 Å². The molecule has 0 aliphatic heterocycles. The van der Waals surface area contributed by atoms with Crippen molar-refractivity contribution in [2.24, 2.45) is 0 Å². The second kappa shape index (κ2) is 20.7. The lowest BCUT2D eigenvalue weighted by Gasteiger charge is -2.14. The Bertz CT molecular complexity index is 1370. The van der Waals surface area contributed by atoms with Crippen molar-refractivity contribution in [1.29, 1.82) is 0 Å². The fraction of sp³-hybridized carbons (Fsp3) is 0.522. The average Bonchev–Trinajstić information content (AvgIpc) is 3.05. The first-order valence-electron chi connectivity index (χ1n) is 19.4. The smallest absolute Gasteiger partial charge is 0.127 e. The van der Waals surface area contributed by atoms with E-state index in [-0.39, 0.29) is 0 Å². The van der Waals surface area contributed by atoms with E-state index in [1.807, 2.05) is 0 Å². The summed E-state index contributed by atoms with van der Waals surface area (Å²) in [5.41, 5.74) is 17.4. The predicted molar refractivity (Wildman–Crippen MR) is 221 cm³/mol. The van der Waals surface area contributed by atoms with E-state index in [0.717, 1.165) is 24.0 Å². The summed E-state index contributed by atoms with van der Waals surface area (Å²) < 4.78 is 0. The van der Waals surface area contributed by atoms with Crippen LogP contribution in [0.2, 0.25) is 39.3 Å². The van der Waals surface area contributed by atoms with E-state index in [1.54, 1.807) is 0 Å². The van der Waals surface area contributed by atoms with Gasteiger partial charge < -0.3 is 0 Å². The van der Waals surface area contributed by atoms with Gasteiger partial charge in [-0.1, -0.05) is 191 Å². The molecule has 0 bridgehead atoms. The van der Waals surface area contributed by atoms with Gasteiger partial charge in [0.25, 0.3) is 0 Å². The van der Waals surface area contributed by atoms with Gasteiger partial charge in [0.15, 0.2) is 0 Å². The van der Waals surface area contributed by atoms with Gasteiger partial charge in [-0.25, -0.2) is 0 Å². The maximum atomic E-state index is 3.68. The Morgan fingerprint density at radius 2 is 0.729 bits per heavy atom. The zero-order valence-corrected chi connectivity index (χ0v) is 34.1. The number of aryl methyl sites for hydroxylation is 2. The van der Waals surface area contributed by atoms with Gasteiger partial charge >= 0.3 is 0 Å². The molecule has 0 heterocycles. The third-order valence-corrected chi connectivity index (χ3v) is 10.7. The molecule has 0 amide bonds. The number of unbranched alkanes of at least 4 members (excludes halogenated alkanes) is 12. The predicted octanol–water partition coefficient (Wildman–Crippen LogP) is 14.1. The molecule has 0 fully saturated rings. The first kappa shape index (κ1) is 39.7. The topological polar surface area (TPSA) is 0 Å². The second-order valence-corrected chi connectivity index (χ2v) is 25.6. The van der Waals surface area contributed by atoms with Crippen molar-refractivity contribution in [3.63, 3.8) is 0 Å². The van der Waals surface area contributed by atoms with Gasteiger partial charge in [-0.2, -0.15) is 0 Å². The van der Waals surface area contributed by atoms with Crippen molar-refractivity contribution in [3.8, 4) is 45.2 Å². The summed E-state index contributed by atoms with van der Waals surface area (Å²) in [6.45, 7) is 18.6. The zero-order valence-electron chi connectivity index (χ0n) is 32.1. The van der Waals surface area contributed by atoms with Crippen LogP contribution in [0.15, 0.2) is 60.7 Å². The standard InChI is InChI=1S/C46H66Si2/c1-9-11-13-15-17-19-21-23-39-25-29-41(30-26-39)45-37-44(34-36-48(6,7)8)46(38-43(45)33-35-47(3,4)5)42-31-27-40(28-32-42)24-22-20-18-16-14-12-10-2/h25-32,37-38H,9-24H2,1-8H3. The van der Waals surface area contributed by atoms with Gasteiger partial charge in [0, 0.05) is 11.1 Å². The van der Waals surface area contributed by atoms with Crippen molar-refractivity contribution in [2.75, 3.05) is 0 Å². The van der Waals surface area contributed by atoms with Gasteiger partial charge in [0.1, 0.15) is 16.1 Å². The van der Waals surface area contributed by atoms with Crippen LogP contribution in [0.3, 0.4) is 0 Å². The maximum Gasteiger partial charge on any atom is 0.129 e. The molecule has 0 saturated heterocycles. The SMILES string of the molecule is CCCCCCCCCc1ccc(-c2cc(C#C[Si](C)(C)C)c(-c3ccc(CCCCCCCCC)cc3)cc2C#C[Si](C)(C)C)cc1. The van der Waals surface area contributed by atoms with Gasteiger partial charge in [-0.15, -0.1) is 11.1 Å². The van der Waals surface area contributed by atoms with Crippen LogP contribution in [-0.4, -0.2) is 16.1 Å². The first-order chi connectivity index (χ1) is 23.0. The molecule has 0 aromatic heterocycles. The number of benzene rings is 3. The quantitative estimate of drug-likeness (QED) is 0.0715. The van der Waals surface area contributed by atoms with Crippen LogP contribution in [0.4, 0.5) is 0 Å². The summed E-state index contributed by atoms with van der Waals surface area (Å²) in [4.78, 5) is 0. The van der Waals surface area contributed by atoms with Crippen LogP contribution in [-0.2, 0) is 12.8 Å². The highest BCUT2D eigenvalue weighted by molar-refractivity contribution is 6.84. The van der Waals surface area contributed by atoms with E-state index in [4.69, 9.17) is 0 Å². The average molecular weight is 675 g/mol. The highest BCUT2D eigenvalue weighted by Gasteiger charge is 2.15. The molecule has 0 N–H and O–H groups in total. The lowest BCUT2D eigenvalue weighted by atomic mass is 9.90. The van der Waals surface area contributed by atoms with E-state index < -0.39 is 16.1 Å². The summed E-state index contributed by atoms with van der Waals surface area (Å²) in [5, 5.41) is 0. The van der Waals surface area contributed by atoms with Crippen molar-refractivity contribution < 1.29 is 0 Å². The second-order valence-electron chi connectivity index (χ2n) is 16.1. The van der Waals surface area contributed by atoms with Crippen LogP contribution in [0.5, 0.6) is 0 Å². The Kier molecular flexibility index (Phi) is 17.1. The highest BCUT2D eigenvalue weighted by atomic mass is 28.3. The Labute approximate surface area is 299 Å². The van der Waals surface area contributed by atoms with E-state index >= 15 is 0 Å². The minimum Gasteiger partial charge on any atom is -0.127 e. The Morgan fingerprint density at radius 1 is 0.417 bits per heavy atom. The lowest BCUT2D eigenvalue weighted by Crippen LogP contribution is -2.16. The van der Waals surface area contributed by atoms with Crippen molar-refractivity contribution in [2.45, 2.75) is 156 Å². The monoisotopic (exact) mass is 674 g/mol. The van der Waals surface area contributed by atoms with Crippen LogP contribution in [0.25, 0.3) is 22.3 Å². The molecule has 2 heteroatoms. The number of rotatable bonds is 18. The van der Waals surface area contributed by atoms with Crippen LogP contribution in [0.1, 0.15) is 126 Å². The molecular weight excluding hydrogens is 609 g/mol. The normalized spacial score (nSPS) is 11.5. The van der Waals surface area contributed by atoms with Gasteiger partial charge in [0.05, 0.1) is 0 Å². The van der Waals surface area contributed by atoms with Gasteiger partial charge in [-0.05, 0) is 71.2 Å². The molecule has 0 aliphatic carbocycles. The largest absolute Gasteiger partial charge is 0.129 e. The van der Waals surface area contributed by atoms with Crippen LogP contribution < -0.4 is 0 Å². The molecule has 0 nitrogen and oxygen atoms in total. The van der Waals surface area contributed by atoms with Crippen molar-refractivity contribution in [1.82, 2.24) is 0 Å². The summed E-state index contributed by atoms with van der Waals surface area (Å²) in [5.74, 6) is 7.35. The van der Waals surface area contributed by atoms with E-state index in [2.05, 4.69) is 137 Å². The Hall–Kier alpha value is -2.79. The molecule has 0 spiro atoms. The fourth-order valence-corrected chi connectivity index (χ4v) is 7.09. The Morgan fingerprint density at radius 3 is 1.04 bits per heavy atom. The summed E-state index contributed by atoms with van der Waals surface area (Å²) >= 11 is 0. The highest BCUT2D eigenvalue weighted by Crippen LogP contribution is 2.33. The molecule has 0 saturated carbocycles. The molecule has 3 rings (SSSR count). The molecule has 0 unspecified atom stereocenters. The molecule has 3 aromatic rings. The number of hydrogen-bond acceptors (Lipinski definition) is 0. The molecular formula is C46H66Si2. The first-order valence-corrected chi connectivity index (χ1v) is 26.4. The van der Waals surface area contributed by atoms with E-state index in [0.29, 0.717) is 0 Å². The van der Waals surface area contributed by atoms with Crippen LogP contribution >= 0.6 is 0 Å². The molecule has 0 atom stereocenters. The lowest BCUT2D eigenvalue weighted by molar-refractivity contribution is 0.589. The van der Waals surface area contributed by atoms with Crippen LogP contribution in [0, 0.1) is 22.9 Å². The fourth-order valence-electron chi connectivity index (χ4n) is 6.07. The molecule has 258 valence electrons. The molecule has 3 aromatic carbocycles. The minimum atomic E-state index is -1.57. The molecule has 48 heavy (non-hydrogen) atoms. The summed E-state index contributed by atoms with van der Waals surface area (Å²) in [6, 6.07) is 23.3. The van der Waals surface area contributed by atoms with E-state index in [9.17, 15) is 0 Å². The van der Waals surface area contributed by atoms with E-state index in [1.165, 1.54) is 123 Å².